The predicted octanol–water partition coefficient (Wildman–Crippen LogP) is 2.61. The van der Waals surface area contributed by atoms with Crippen molar-refractivity contribution in [2.75, 3.05) is 13.7 Å². The van der Waals surface area contributed by atoms with Gasteiger partial charge in [0.05, 0.1) is 0 Å². The van der Waals surface area contributed by atoms with E-state index in [1.54, 1.807) is 7.11 Å². The molecule has 3 N–H and O–H groups in total. The zero-order valence-electron chi connectivity index (χ0n) is 12.1. The third kappa shape index (κ3) is 2.83. The molecule has 1 fully saturated rings. The van der Waals surface area contributed by atoms with Gasteiger partial charge in [0.15, 0.2) is 0 Å². The third-order valence-corrected chi connectivity index (χ3v) is 4.72. The average Bonchev–Trinajstić information content (AvgIpc) is 2.41. The normalized spacial score (nSPS) is 20.6. The lowest BCUT2D eigenvalue weighted by molar-refractivity contribution is 0.105. The van der Waals surface area contributed by atoms with Crippen molar-refractivity contribution in [3.63, 3.8) is 0 Å². The molecule has 2 unspecified atom stereocenters. The first-order valence-electron chi connectivity index (χ1n) is 7.25. The Labute approximate surface area is 116 Å². The molecule has 3 heteroatoms. The minimum absolute atomic E-state index is 0.211. The highest BCUT2D eigenvalue weighted by Crippen LogP contribution is 2.48. The number of methoxy groups -OCH3 is 1. The van der Waals surface area contributed by atoms with Gasteiger partial charge in [-0.1, -0.05) is 43.7 Å². The number of nitrogens with one attached hydrogen (secondary N) is 1. The van der Waals surface area contributed by atoms with Gasteiger partial charge in [0.2, 0.25) is 0 Å². The van der Waals surface area contributed by atoms with Gasteiger partial charge in [-0.3, -0.25) is 11.3 Å². The van der Waals surface area contributed by atoms with Crippen molar-refractivity contribution in [2.45, 2.75) is 44.1 Å². The van der Waals surface area contributed by atoms with Crippen molar-refractivity contribution in [1.29, 1.82) is 0 Å². The second-order valence-corrected chi connectivity index (χ2v) is 5.78. The van der Waals surface area contributed by atoms with E-state index in [4.69, 9.17) is 10.6 Å². The summed E-state index contributed by atoms with van der Waals surface area (Å²) in [5, 5.41) is 0. The van der Waals surface area contributed by atoms with E-state index in [1.165, 1.54) is 24.8 Å². The summed E-state index contributed by atoms with van der Waals surface area (Å²) in [6, 6.07) is 11.1. The maximum absolute atomic E-state index is 5.89. The molecule has 0 amide bonds. The second-order valence-electron chi connectivity index (χ2n) is 5.78. The lowest BCUT2D eigenvalue weighted by Crippen LogP contribution is -2.58. The van der Waals surface area contributed by atoms with Gasteiger partial charge in [0, 0.05) is 25.2 Å². The largest absolute Gasteiger partial charge is 0.385 e. The van der Waals surface area contributed by atoms with Crippen LogP contribution in [0.15, 0.2) is 30.3 Å². The molecule has 1 aliphatic carbocycles. The Hall–Kier alpha value is -0.900. The van der Waals surface area contributed by atoms with Crippen LogP contribution >= 0.6 is 0 Å². The molecule has 1 saturated carbocycles. The summed E-state index contributed by atoms with van der Waals surface area (Å²) in [6.45, 7) is 3.07. The summed E-state index contributed by atoms with van der Waals surface area (Å²) >= 11 is 0. The Balaban J connectivity index is 2.19. The van der Waals surface area contributed by atoms with Crippen LogP contribution in [0.1, 0.15) is 38.2 Å². The molecule has 2 atom stereocenters. The molecule has 0 spiro atoms. The lowest BCUT2D eigenvalue weighted by Gasteiger charge is -2.50. The first-order valence-corrected chi connectivity index (χ1v) is 7.25. The van der Waals surface area contributed by atoms with Crippen LogP contribution in [0, 0.1) is 5.92 Å². The summed E-state index contributed by atoms with van der Waals surface area (Å²) in [6.07, 6.45) is 4.79. The highest BCUT2D eigenvalue weighted by Gasteiger charge is 2.46. The zero-order valence-corrected chi connectivity index (χ0v) is 12.1. The van der Waals surface area contributed by atoms with Crippen LogP contribution in [0.3, 0.4) is 0 Å². The molecule has 1 aromatic carbocycles. The number of hydrazine groups is 1. The topological polar surface area (TPSA) is 47.3 Å². The molecule has 1 aliphatic rings. The van der Waals surface area contributed by atoms with Crippen LogP contribution in [0.5, 0.6) is 0 Å². The van der Waals surface area contributed by atoms with E-state index in [0.29, 0.717) is 12.0 Å². The molecule has 2 rings (SSSR count). The first kappa shape index (κ1) is 14.5. The molecule has 0 heterocycles. The smallest absolute Gasteiger partial charge is 0.0465 e. The van der Waals surface area contributed by atoms with E-state index in [9.17, 15) is 0 Å². The van der Waals surface area contributed by atoms with Gasteiger partial charge in [0.1, 0.15) is 0 Å². The van der Waals surface area contributed by atoms with Crippen LogP contribution in [0.2, 0.25) is 0 Å². The summed E-state index contributed by atoms with van der Waals surface area (Å²) in [7, 11) is 1.76. The Morgan fingerprint density at radius 2 is 2.00 bits per heavy atom. The summed E-state index contributed by atoms with van der Waals surface area (Å²) in [4.78, 5) is 0. The molecule has 3 nitrogen and oxygen atoms in total. The van der Waals surface area contributed by atoms with Crippen LogP contribution in [0.4, 0.5) is 0 Å². The molecule has 19 heavy (non-hydrogen) atoms. The maximum atomic E-state index is 5.89. The number of hydrogen-bond donors (Lipinski definition) is 2. The van der Waals surface area contributed by atoms with Gasteiger partial charge in [-0.2, -0.15) is 0 Å². The Bertz CT molecular complexity index is 376. The molecular weight excluding hydrogens is 236 g/mol. The number of rotatable bonds is 7. The first-order chi connectivity index (χ1) is 9.24. The van der Waals surface area contributed by atoms with Gasteiger partial charge in [-0.15, -0.1) is 0 Å². The number of ether oxygens (including phenoxy) is 1. The SMILES string of the molecule is COCCC(C)C(NN)C1(c2ccccc2)CCC1. The van der Waals surface area contributed by atoms with Crippen molar-refractivity contribution in [3.05, 3.63) is 35.9 Å². The fraction of sp³-hybridized carbons (Fsp3) is 0.625. The molecule has 0 saturated heterocycles. The van der Waals surface area contributed by atoms with Crippen LogP contribution in [0.25, 0.3) is 0 Å². The maximum Gasteiger partial charge on any atom is 0.0465 e. The number of hydrogen-bond acceptors (Lipinski definition) is 3. The van der Waals surface area contributed by atoms with E-state index < -0.39 is 0 Å². The number of nitrogens with two attached hydrogens (primary N) is 1. The van der Waals surface area contributed by atoms with E-state index in [-0.39, 0.29) is 5.41 Å². The van der Waals surface area contributed by atoms with Crippen molar-refractivity contribution in [2.24, 2.45) is 11.8 Å². The summed E-state index contributed by atoms with van der Waals surface area (Å²) in [5.74, 6) is 6.39. The molecule has 1 aromatic rings. The average molecular weight is 262 g/mol. The zero-order chi connectivity index (χ0) is 13.7. The van der Waals surface area contributed by atoms with Crippen LogP contribution in [-0.2, 0) is 10.2 Å². The highest BCUT2D eigenvalue weighted by molar-refractivity contribution is 5.30. The van der Waals surface area contributed by atoms with Gasteiger partial charge < -0.3 is 4.74 Å². The second kappa shape index (κ2) is 6.51. The van der Waals surface area contributed by atoms with Crippen molar-refractivity contribution in [3.8, 4) is 0 Å². The molecule has 0 bridgehead atoms. The minimum Gasteiger partial charge on any atom is -0.385 e. The lowest BCUT2D eigenvalue weighted by atomic mass is 9.57. The van der Waals surface area contributed by atoms with Crippen molar-refractivity contribution >= 4 is 0 Å². The quantitative estimate of drug-likeness (QED) is 0.586. The van der Waals surface area contributed by atoms with Crippen molar-refractivity contribution < 1.29 is 4.74 Å². The van der Waals surface area contributed by atoms with E-state index in [2.05, 4.69) is 42.7 Å². The van der Waals surface area contributed by atoms with Gasteiger partial charge >= 0.3 is 0 Å². The molecule has 0 aliphatic heterocycles. The minimum atomic E-state index is 0.211. The van der Waals surface area contributed by atoms with Crippen molar-refractivity contribution in [1.82, 2.24) is 5.43 Å². The van der Waals surface area contributed by atoms with Crippen LogP contribution in [-0.4, -0.2) is 19.8 Å². The fourth-order valence-electron chi connectivity index (χ4n) is 3.45. The Morgan fingerprint density at radius 3 is 2.47 bits per heavy atom. The van der Waals surface area contributed by atoms with Gasteiger partial charge in [0.25, 0.3) is 0 Å². The standard InChI is InChI=1S/C16H26N2O/c1-13(9-12-19-2)15(18-17)16(10-6-11-16)14-7-4-3-5-8-14/h3-5,7-8,13,15,18H,6,9-12,17H2,1-2H3. The molecule has 0 aromatic heterocycles. The Kier molecular flexibility index (Phi) is 4.97. The summed E-state index contributed by atoms with van der Waals surface area (Å²) < 4.78 is 5.21. The highest BCUT2D eigenvalue weighted by atomic mass is 16.5. The van der Waals surface area contributed by atoms with E-state index in [1.807, 2.05) is 0 Å². The molecular formula is C16H26N2O. The fourth-order valence-corrected chi connectivity index (χ4v) is 3.45. The molecule has 0 radical (unpaired) electrons. The van der Waals surface area contributed by atoms with Crippen LogP contribution < -0.4 is 11.3 Å². The summed E-state index contributed by atoms with van der Waals surface area (Å²) in [5.41, 5.74) is 4.73. The molecule has 106 valence electrons. The van der Waals surface area contributed by atoms with E-state index >= 15 is 0 Å². The van der Waals surface area contributed by atoms with Gasteiger partial charge in [-0.05, 0) is 30.7 Å². The predicted molar refractivity (Wildman–Crippen MR) is 78.7 cm³/mol. The monoisotopic (exact) mass is 262 g/mol. The number of benzene rings is 1. The van der Waals surface area contributed by atoms with E-state index in [0.717, 1.165) is 13.0 Å². The third-order valence-electron chi connectivity index (χ3n) is 4.72. The Morgan fingerprint density at radius 1 is 1.32 bits per heavy atom. The van der Waals surface area contributed by atoms with Gasteiger partial charge in [-0.25, -0.2) is 0 Å².